The molecule has 0 spiro atoms. The summed E-state index contributed by atoms with van der Waals surface area (Å²) in [5.41, 5.74) is 1.52. The zero-order valence-corrected chi connectivity index (χ0v) is 10.2. The molecule has 4 nitrogen and oxygen atoms in total. The van der Waals surface area contributed by atoms with E-state index in [0.717, 1.165) is 52.4 Å². The largest absolute Gasteiger partial charge is 0.379 e. The van der Waals surface area contributed by atoms with E-state index in [1.165, 1.54) is 5.57 Å². The lowest BCUT2D eigenvalue weighted by molar-refractivity contribution is 0.0418. The average molecular weight is 225 g/mol. The van der Waals surface area contributed by atoms with Crippen LogP contribution in [0.25, 0.3) is 0 Å². The van der Waals surface area contributed by atoms with Crippen molar-refractivity contribution in [1.29, 1.82) is 0 Å². The van der Waals surface area contributed by atoms with Crippen LogP contribution < -0.4 is 10.6 Å². The molecule has 0 amide bonds. The second kappa shape index (κ2) is 6.35. The highest BCUT2D eigenvalue weighted by Crippen LogP contribution is 2.09. The van der Waals surface area contributed by atoms with Gasteiger partial charge in [-0.3, -0.25) is 4.90 Å². The summed E-state index contributed by atoms with van der Waals surface area (Å²) in [6.07, 6.45) is 3.86. The summed E-state index contributed by atoms with van der Waals surface area (Å²) >= 11 is 0. The van der Waals surface area contributed by atoms with E-state index in [2.05, 4.69) is 28.5 Å². The fourth-order valence-electron chi connectivity index (χ4n) is 2.29. The fourth-order valence-corrected chi connectivity index (χ4v) is 2.29. The molecular formula is C12H23N3O. The molecule has 2 saturated heterocycles. The van der Waals surface area contributed by atoms with Crippen molar-refractivity contribution >= 4 is 0 Å². The highest BCUT2D eigenvalue weighted by Gasteiger charge is 2.17. The minimum absolute atomic E-state index is 0.479. The van der Waals surface area contributed by atoms with E-state index in [9.17, 15) is 0 Å². The van der Waals surface area contributed by atoms with E-state index in [1.54, 1.807) is 0 Å². The molecule has 92 valence electrons. The number of hydrogen-bond donors (Lipinski definition) is 2. The Balaban J connectivity index is 1.75. The van der Waals surface area contributed by atoms with Crippen LogP contribution in [-0.2, 0) is 4.74 Å². The maximum Gasteiger partial charge on any atom is 0.0611 e. The van der Waals surface area contributed by atoms with E-state index in [1.807, 2.05) is 0 Å². The highest BCUT2D eigenvalue weighted by atomic mass is 16.5. The molecule has 0 aromatic rings. The minimum atomic E-state index is 0.479. The van der Waals surface area contributed by atoms with Gasteiger partial charge < -0.3 is 15.4 Å². The number of allylic oxidation sites excluding steroid dienone is 1. The molecule has 0 radical (unpaired) electrons. The van der Waals surface area contributed by atoms with Gasteiger partial charge in [0.15, 0.2) is 0 Å². The molecule has 0 atom stereocenters. The van der Waals surface area contributed by atoms with Gasteiger partial charge in [0, 0.05) is 32.7 Å². The standard InChI is InChI=1S/C12H23N3O/c1-2-11(9-12-13-3-4-14-12)10-15-5-7-16-8-6-15/h2,12-14H,3-10H2,1H3. The minimum Gasteiger partial charge on any atom is -0.379 e. The molecule has 2 fully saturated rings. The van der Waals surface area contributed by atoms with E-state index in [-0.39, 0.29) is 0 Å². The third-order valence-electron chi connectivity index (χ3n) is 3.31. The molecule has 0 bridgehead atoms. The van der Waals surface area contributed by atoms with E-state index >= 15 is 0 Å². The summed E-state index contributed by atoms with van der Waals surface area (Å²) in [6.45, 7) is 9.35. The Hall–Kier alpha value is -0.420. The SMILES string of the molecule is CC=C(CC1NCCN1)CN1CCOCC1. The molecular weight excluding hydrogens is 202 g/mol. The number of rotatable bonds is 4. The second-order valence-corrected chi connectivity index (χ2v) is 4.50. The van der Waals surface area contributed by atoms with Gasteiger partial charge in [0.1, 0.15) is 0 Å². The average Bonchev–Trinajstić information content (AvgIpc) is 2.82. The van der Waals surface area contributed by atoms with Crippen molar-refractivity contribution in [3.8, 4) is 0 Å². The maximum absolute atomic E-state index is 5.36. The van der Waals surface area contributed by atoms with Gasteiger partial charge in [-0.25, -0.2) is 0 Å². The molecule has 16 heavy (non-hydrogen) atoms. The van der Waals surface area contributed by atoms with Crippen molar-refractivity contribution < 1.29 is 4.74 Å². The zero-order valence-electron chi connectivity index (χ0n) is 10.2. The predicted molar refractivity (Wildman–Crippen MR) is 65.4 cm³/mol. The number of hydrogen-bond acceptors (Lipinski definition) is 4. The van der Waals surface area contributed by atoms with Crippen LogP contribution in [0, 0.1) is 0 Å². The van der Waals surface area contributed by atoms with Gasteiger partial charge in [-0.2, -0.15) is 0 Å². The van der Waals surface area contributed by atoms with E-state index < -0.39 is 0 Å². The Morgan fingerprint density at radius 2 is 2.00 bits per heavy atom. The van der Waals surface area contributed by atoms with Crippen molar-refractivity contribution in [3.63, 3.8) is 0 Å². The summed E-state index contributed by atoms with van der Waals surface area (Å²) in [5, 5.41) is 6.93. The van der Waals surface area contributed by atoms with Gasteiger partial charge in [0.2, 0.25) is 0 Å². The van der Waals surface area contributed by atoms with Gasteiger partial charge >= 0.3 is 0 Å². The van der Waals surface area contributed by atoms with Crippen LogP contribution in [0.15, 0.2) is 11.6 Å². The molecule has 2 rings (SSSR count). The first-order valence-corrected chi connectivity index (χ1v) is 6.29. The normalized spacial score (nSPS) is 25.2. The number of ether oxygens (including phenoxy) is 1. The Kier molecular flexibility index (Phi) is 4.78. The van der Waals surface area contributed by atoms with Crippen LogP contribution >= 0.6 is 0 Å². The van der Waals surface area contributed by atoms with E-state index in [4.69, 9.17) is 4.74 Å². The topological polar surface area (TPSA) is 36.5 Å². The summed E-state index contributed by atoms with van der Waals surface area (Å²) in [4.78, 5) is 2.48. The molecule has 2 aliphatic heterocycles. The Morgan fingerprint density at radius 1 is 1.31 bits per heavy atom. The molecule has 0 aromatic heterocycles. The van der Waals surface area contributed by atoms with Crippen LogP contribution in [0.4, 0.5) is 0 Å². The maximum atomic E-state index is 5.36. The van der Waals surface area contributed by atoms with Gasteiger partial charge in [-0.15, -0.1) is 0 Å². The number of morpholine rings is 1. The molecule has 0 saturated carbocycles. The van der Waals surface area contributed by atoms with Crippen LogP contribution in [0.5, 0.6) is 0 Å². The van der Waals surface area contributed by atoms with Crippen LogP contribution in [0.3, 0.4) is 0 Å². The fraction of sp³-hybridized carbons (Fsp3) is 0.833. The summed E-state index contributed by atoms with van der Waals surface area (Å²) in [5.74, 6) is 0. The van der Waals surface area contributed by atoms with Gasteiger partial charge in [-0.05, 0) is 13.3 Å². The summed E-state index contributed by atoms with van der Waals surface area (Å²) in [6, 6.07) is 0. The Morgan fingerprint density at radius 3 is 2.62 bits per heavy atom. The quantitative estimate of drug-likeness (QED) is 0.669. The van der Waals surface area contributed by atoms with Crippen molar-refractivity contribution in [3.05, 3.63) is 11.6 Å². The summed E-state index contributed by atoms with van der Waals surface area (Å²) in [7, 11) is 0. The first-order chi connectivity index (χ1) is 7.88. The van der Waals surface area contributed by atoms with Gasteiger partial charge in [0.25, 0.3) is 0 Å². The first kappa shape index (κ1) is 12.0. The number of nitrogens with one attached hydrogen (secondary N) is 2. The van der Waals surface area contributed by atoms with Crippen molar-refractivity contribution in [2.75, 3.05) is 45.9 Å². The van der Waals surface area contributed by atoms with E-state index in [0.29, 0.717) is 6.17 Å². The lowest BCUT2D eigenvalue weighted by Crippen LogP contribution is -2.39. The molecule has 0 aromatic carbocycles. The van der Waals surface area contributed by atoms with Crippen molar-refractivity contribution in [2.45, 2.75) is 19.5 Å². The molecule has 0 unspecified atom stereocenters. The smallest absolute Gasteiger partial charge is 0.0611 e. The van der Waals surface area contributed by atoms with Gasteiger partial charge in [-0.1, -0.05) is 11.6 Å². The van der Waals surface area contributed by atoms with Gasteiger partial charge in [0.05, 0.1) is 19.4 Å². The second-order valence-electron chi connectivity index (χ2n) is 4.50. The van der Waals surface area contributed by atoms with Crippen molar-refractivity contribution in [2.24, 2.45) is 0 Å². The van der Waals surface area contributed by atoms with Crippen LogP contribution in [0.1, 0.15) is 13.3 Å². The lowest BCUT2D eigenvalue weighted by Gasteiger charge is -2.28. The molecule has 0 aliphatic carbocycles. The Bertz CT molecular complexity index is 230. The third kappa shape index (κ3) is 3.56. The highest BCUT2D eigenvalue weighted by molar-refractivity contribution is 5.06. The molecule has 2 N–H and O–H groups in total. The third-order valence-corrected chi connectivity index (χ3v) is 3.31. The molecule has 4 heteroatoms. The number of nitrogens with zero attached hydrogens (tertiary/aromatic N) is 1. The van der Waals surface area contributed by atoms with Crippen molar-refractivity contribution in [1.82, 2.24) is 15.5 Å². The monoisotopic (exact) mass is 225 g/mol. The van der Waals surface area contributed by atoms with Crippen LogP contribution in [-0.4, -0.2) is 57.0 Å². The molecule has 2 heterocycles. The van der Waals surface area contributed by atoms with Crippen LogP contribution in [0.2, 0.25) is 0 Å². The summed E-state index contributed by atoms with van der Waals surface area (Å²) < 4.78 is 5.36. The lowest BCUT2D eigenvalue weighted by atomic mass is 10.1. The first-order valence-electron chi connectivity index (χ1n) is 6.29. The zero-order chi connectivity index (χ0) is 11.2. The molecule has 2 aliphatic rings. The Labute approximate surface area is 98.0 Å². The predicted octanol–water partition coefficient (Wildman–Crippen LogP) is 0.174.